The highest BCUT2D eigenvalue weighted by Gasteiger charge is 2.29. The van der Waals surface area contributed by atoms with Gasteiger partial charge in [0.05, 0.1) is 46.0 Å². The normalized spacial score (nSPS) is 13.9. The van der Waals surface area contributed by atoms with E-state index < -0.39 is 64.8 Å². The van der Waals surface area contributed by atoms with Gasteiger partial charge in [-0.3, -0.25) is 28.6 Å². The van der Waals surface area contributed by atoms with Gasteiger partial charge in [-0.05, 0) is 109 Å². The van der Waals surface area contributed by atoms with Gasteiger partial charge in [0.15, 0.2) is 5.82 Å². The van der Waals surface area contributed by atoms with Crippen LogP contribution >= 0.6 is 22.6 Å². The van der Waals surface area contributed by atoms with Gasteiger partial charge in [-0.15, -0.1) is 10.2 Å². The number of nitrogens with zero attached hydrogens (tertiary/aromatic N) is 6. The number of nitrogens with one attached hydrogen (secondary N) is 2. The van der Waals surface area contributed by atoms with Gasteiger partial charge < -0.3 is 39.8 Å². The molecule has 0 saturated carbocycles. The summed E-state index contributed by atoms with van der Waals surface area (Å²) in [6.45, 7) is 6.00. The van der Waals surface area contributed by atoms with Crippen LogP contribution in [0, 0.1) is 26.9 Å². The number of hydrogen-bond donors (Lipinski definition) is 5. The first-order valence-electron chi connectivity index (χ1n) is 20.8. The van der Waals surface area contributed by atoms with Crippen LogP contribution < -0.4 is 21.8 Å². The molecule has 1 aliphatic rings. The maximum atomic E-state index is 15.9. The summed E-state index contributed by atoms with van der Waals surface area (Å²) in [6, 6.07) is 12.7. The number of phenols is 2. The fraction of sp³-hybridized carbons (Fsp3) is 0.333. The van der Waals surface area contributed by atoms with Gasteiger partial charge in [0.25, 0.3) is 17.0 Å². The number of amides is 1. The number of aryl methyl sites for hydroxylation is 1. The molecule has 20 heteroatoms. The minimum atomic E-state index is -1.35. The summed E-state index contributed by atoms with van der Waals surface area (Å²) >= 11 is 1.91. The summed E-state index contributed by atoms with van der Waals surface area (Å²) in [7, 11) is 1.29. The highest BCUT2D eigenvalue weighted by Crippen LogP contribution is 2.38. The van der Waals surface area contributed by atoms with E-state index in [4.69, 9.17) is 4.74 Å². The third-order valence-electron chi connectivity index (χ3n) is 11.3. The first kappa shape index (κ1) is 46.7. The number of fused-ring (bicyclic) bond motifs is 1. The lowest BCUT2D eigenvalue weighted by atomic mass is 9.96. The SMILES string of the molecule is CCNC(=O)c1nnc(-c2cc(C(C)C)c(O)cc2O)n1-c1ccc(CN2CCC(C(=O)OC[C@H](O)Cn3ccc4c(c(Nc5ccc(I)cc5F)c(F)c(=O)n4C)c3=O)CC2)c(F)c1. The quantitative estimate of drug-likeness (QED) is 0.0648. The number of halogens is 4. The Balaban J connectivity index is 0.988. The van der Waals surface area contributed by atoms with Crippen LogP contribution in [0.5, 0.6) is 11.5 Å². The number of carbonyl (C=O) groups is 2. The summed E-state index contributed by atoms with van der Waals surface area (Å²) in [6.07, 6.45) is 0.733. The molecular weight excluding hydrogens is 964 g/mol. The zero-order valence-corrected chi connectivity index (χ0v) is 37.9. The van der Waals surface area contributed by atoms with Gasteiger partial charge in [-0.25, -0.2) is 8.78 Å². The van der Waals surface area contributed by atoms with Gasteiger partial charge in [0.1, 0.15) is 35.8 Å². The number of carbonyl (C=O) groups excluding carboxylic acids is 2. The van der Waals surface area contributed by atoms with Crippen LogP contribution in [0.3, 0.4) is 0 Å². The number of likely N-dealkylation sites (tertiary alicyclic amines) is 1. The number of esters is 1. The van der Waals surface area contributed by atoms with Gasteiger partial charge in [0.2, 0.25) is 11.6 Å². The van der Waals surface area contributed by atoms with Crippen LogP contribution in [0.4, 0.5) is 24.5 Å². The maximum Gasteiger partial charge on any atom is 0.309 e. The summed E-state index contributed by atoms with van der Waals surface area (Å²) in [5.41, 5.74) is -1.15. The Bertz CT molecular complexity index is 2930. The molecule has 3 aromatic carbocycles. The van der Waals surface area contributed by atoms with Crippen LogP contribution in [0.2, 0.25) is 0 Å². The van der Waals surface area contributed by atoms with E-state index >= 15 is 8.78 Å². The molecule has 1 aliphatic heterocycles. The molecule has 65 heavy (non-hydrogen) atoms. The van der Waals surface area contributed by atoms with E-state index in [0.717, 1.165) is 9.13 Å². The van der Waals surface area contributed by atoms with E-state index in [9.17, 15) is 38.9 Å². The Morgan fingerprint density at radius 3 is 2.37 bits per heavy atom. The van der Waals surface area contributed by atoms with Crippen molar-refractivity contribution < 1.29 is 42.8 Å². The lowest BCUT2D eigenvalue weighted by Gasteiger charge is -2.31. The molecule has 1 fully saturated rings. The highest BCUT2D eigenvalue weighted by atomic mass is 127. The van der Waals surface area contributed by atoms with Crippen LogP contribution in [0.25, 0.3) is 28.0 Å². The van der Waals surface area contributed by atoms with E-state index in [0.29, 0.717) is 40.6 Å². The smallest absolute Gasteiger partial charge is 0.309 e. The number of anilines is 2. The van der Waals surface area contributed by atoms with Gasteiger partial charge in [0, 0.05) is 41.5 Å². The molecule has 1 amide bonds. The highest BCUT2D eigenvalue weighted by molar-refractivity contribution is 14.1. The fourth-order valence-electron chi connectivity index (χ4n) is 7.81. The van der Waals surface area contributed by atoms with Crippen LogP contribution in [0.15, 0.2) is 70.4 Å². The number of aliphatic hydroxyl groups excluding tert-OH is 1. The molecule has 6 aromatic rings. The summed E-state index contributed by atoms with van der Waals surface area (Å²) in [4.78, 5) is 54.5. The Labute approximate surface area is 383 Å². The van der Waals surface area contributed by atoms with E-state index in [2.05, 4.69) is 20.8 Å². The molecule has 4 heterocycles. The number of aliphatic hydroxyl groups is 1. The van der Waals surface area contributed by atoms with Crippen molar-refractivity contribution >= 4 is 56.7 Å². The molecule has 3 aromatic heterocycles. The first-order chi connectivity index (χ1) is 31.0. The molecule has 1 saturated heterocycles. The number of aromatic nitrogens is 5. The van der Waals surface area contributed by atoms with Crippen molar-refractivity contribution in [3.63, 3.8) is 0 Å². The van der Waals surface area contributed by atoms with E-state index in [1.54, 1.807) is 31.2 Å². The minimum absolute atomic E-state index is 0.0620. The zero-order valence-electron chi connectivity index (χ0n) is 35.7. The van der Waals surface area contributed by atoms with E-state index in [-0.39, 0.29) is 76.5 Å². The molecule has 5 N–H and O–H groups in total. The van der Waals surface area contributed by atoms with Crippen LogP contribution in [0.1, 0.15) is 61.3 Å². The van der Waals surface area contributed by atoms with Gasteiger partial charge in [-0.1, -0.05) is 19.9 Å². The third-order valence-corrected chi connectivity index (χ3v) is 12.0. The second-order valence-electron chi connectivity index (χ2n) is 16.1. The maximum absolute atomic E-state index is 15.9. The molecular formula is C45H46F3IN8O8. The second kappa shape index (κ2) is 19.5. The molecule has 0 bridgehead atoms. The standard InChI is InChI=1S/C45H46F3IN8O8/c1-5-50-42(61)41-53-52-40(30-18-29(23(2)3)35(59)19-36(30)60)57(41)27-8-6-25(31(46)17-27)20-55-13-10-24(11-14-55)45(64)65-22-28(58)21-56-15-12-34-37(43(56)62)39(38(48)44(63)54(34)4)51-33-9-7-26(49)16-32(33)47/h6-9,12,15-19,23-24,28,51,58-60H,5,10-11,13-14,20-22H2,1-4H3,(H,50,61)/t28-/m1/s1. The number of ether oxygens (including phenoxy) is 1. The van der Waals surface area contributed by atoms with E-state index in [1.807, 2.05) is 41.3 Å². The average molecular weight is 1010 g/mol. The van der Waals surface area contributed by atoms with Crippen molar-refractivity contribution in [2.45, 2.75) is 58.7 Å². The molecule has 0 unspecified atom stereocenters. The monoisotopic (exact) mass is 1010 g/mol. The lowest BCUT2D eigenvalue weighted by Crippen LogP contribution is -2.37. The molecule has 0 radical (unpaired) electrons. The van der Waals surface area contributed by atoms with Crippen molar-refractivity contribution in [1.82, 2.24) is 34.1 Å². The fourth-order valence-corrected chi connectivity index (χ4v) is 8.27. The molecule has 1 atom stereocenters. The molecule has 0 spiro atoms. The molecule has 7 rings (SSSR count). The van der Waals surface area contributed by atoms with Crippen molar-refractivity contribution in [3.05, 3.63) is 119 Å². The number of hydrogen-bond acceptors (Lipinski definition) is 12. The number of phenolic OH excluding ortho intramolecular Hbond substituents is 2. The largest absolute Gasteiger partial charge is 0.508 e. The van der Waals surface area contributed by atoms with Crippen molar-refractivity contribution in [2.24, 2.45) is 13.0 Å². The van der Waals surface area contributed by atoms with Gasteiger partial charge in [-0.2, -0.15) is 4.39 Å². The number of piperidine rings is 1. The topological polar surface area (TPSA) is 206 Å². The Morgan fingerprint density at radius 2 is 1.69 bits per heavy atom. The number of benzene rings is 3. The minimum Gasteiger partial charge on any atom is -0.508 e. The Kier molecular flexibility index (Phi) is 14.0. The molecule has 0 aliphatic carbocycles. The van der Waals surface area contributed by atoms with Crippen molar-refractivity contribution in [3.8, 4) is 28.6 Å². The third kappa shape index (κ3) is 9.74. The number of rotatable bonds is 14. The van der Waals surface area contributed by atoms with Crippen LogP contribution in [-0.4, -0.2) is 88.3 Å². The van der Waals surface area contributed by atoms with Crippen molar-refractivity contribution in [2.75, 3.05) is 31.6 Å². The Morgan fingerprint density at radius 1 is 0.954 bits per heavy atom. The van der Waals surface area contributed by atoms with Gasteiger partial charge >= 0.3 is 5.97 Å². The Hall–Kier alpha value is -6.26. The molecule has 342 valence electrons. The predicted molar refractivity (Wildman–Crippen MR) is 243 cm³/mol. The summed E-state index contributed by atoms with van der Waals surface area (Å²) in [5, 5.41) is 45.3. The number of aromatic hydroxyl groups is 2. The number of pyridine rings is 2. The zero-order chi connectivity index (χ0) is 46.9. The molecule has 16 nitrogen and oxygen atoms in total. The van der Waals surface area contributed by atoms with Crippen LogP contribution in [-0.2, 0) is 29.7 Å². The predicted octanol–water partition coefficient (Wildman–Crippen LogP) is 5.81. The second-order valence-corrected chi connectivity index (χ2v) is 17.3. The summed E-state index contributed by atoms with van der Waals surface area (Å²) < 4.78 is 55.4. The summed E-state index contributed by atoms with van der Waals surface area (Å²) in [5.74, 6) is -4.85. The first-order valence-corrected chi connectivity index (χ1v) is 21.8. The van der Waals surface area contributed by atoms with E-state index in [1.165, 1.54) is 48.1 Å². The van der Waals surface area contributed by atoms with Crippen molar-refractivity contribution in [1.29, 1.82) is 0 Å². The average Bonchev–Trinajstić information content (AvgIpc) is 3.71. The lowest BCUT2D eigenvalue weighted by molar-refractivity contribution is -0.153.